The van der Waals surface area contributed by atoms with E-state index >= 15 is 0 Å². The van der Waals surface area contributed by atoms with Crippen LogP contribution in [0.2, 0.25) is 0 Å². The van der Waals surface area contributed by atoms with Crippen molar-refractivity contribution >= 4 is 21.6 Å². The Bertz CT molecular complexity index is 396. The van der Waals surface area contributed by atoms with Gasteiger partial charge < -0.3 is 5.32 Å². The van der Waals surface area contributed by atoms with Crippen molar-refractivity contribution < 1.29 is 4.39 Å². The lowest BCUT2D eigenvalue weighted by Gasteiger charge is -2.11. The molecule has 15 heavy (non-hydrogen) atoms. The molecule has 0 aliphatic rings. The molecule has 0 radical (unpaired) electrons. The summed E-state index contributed by atoms with van der Waals surface area (Å²) in [6.45, 7) is 4.81. The summed E-state index contributed by atoms with van der Waals surface area (Å²) >= 11 is 3.19. The van der Waals surface area contributed by atoms with Crippen molar-refractivity contribution in [2.24, 2.45) is 5.92 Å². The van der Waals surface area contributed by atoms with E-state index in [1.807, 2.05) is 19.9 Å². The van der Waals surface area contributed by atoms with Gasteiger partial charge in [0.25, 0.3) is 0 Å². The summed E-state index contributed by atoms with van der Waals surface area (Å²) in [5, 5.41) is 11.9. The van der Waals surface area contributed by atoms with Crippen LogP contribution in [-0.4, -0.2) is 6.54 Å². The number of hydrogen-bond donors (Lipinski definition) is 1. The highest BCUT2D eigenvalue weighted by molar-refractivity contribution is 9.10. The fourth-order valence-corrected chi connectivity index (χ4v) is 1.57. The molecule has 0 amide bonds. The molecule has 0 unspecified atom stereocenters. The van der Waals surface area contributed by atoms with Crippen molar-refractivity contribution in [1.29, 1.82) is 5.26 Å². The first-order valence-corrected chi connectivity index (χ1v) is 5.47. The minimum absolute atomic E-state index is 0.0684. The van der Waals surface area contributed by atoms with Crippen molar-refractivity contribution in [2.45, 2.75) is 13.8 Å². The predicted molar refractivity (Wildman–Crippen MR) is 62.1 cm³/mol. The number of rotatable bonds is 3. The zero-order valence-corrected chi connectivity index (χ0v) is 10.2. The third kappa shape index (κ3) is 3.21. The Kier molecular flexibility index (Phi) is 4.10. The molecule has 0 heterocycles. The fraction of sp³-hybridized carbons (Fsp3) is 0.364. The highest BCUT2D eigenvalue weighted by atomic mass is 79.9. The smallest absolute Gasteiger partial charge is 0.144 e. The number of benzene rings is 1. The summed E-state index contributed by atoms with van der Waals surface area (Å²) in [6.07, 6.45) is 0. The van der Waals surface area contributed by atoms with Crippen molar-refractivity contribution in [2.75, 3.05) is 11.9 Å². The van der Waals surface area contributed by atoms with Crippen molar-refractivity contribution in [3.63, 3.8) is 0 Å². The summed E-state index contributed by atoms with van der Waals surface area (Å²) in [4.78, 5) is 0. The van der Waals surface area contributed by atoms with Gasteiger partial charge in [-0.05, 0) is 18.1 Å². The zero-order chi connectivity index (χ0) is 11.4. The molecular weight excluding hydrogens is 259 g/mol. The Morgan fingerprint density at radius 2 is 2.20 bits per heavy atom. The summed E-state index contributed by atoms with van der Waals surface area (Å²) in [5.41, 5.74) is 0.608. The lowest BCUT2D eigenvalue weighted by molar-refractivity contribution is 0.622. The number of halogens is 2. The van der Waals surface area contributed by atoms with E-state index in [1.54, 1.807) is 6.07 Å². The molecule has 80 valence electrons. The largest absolute Gasteiger partial charge is 0.384 e. The Balaban J connectivity index is 3.00. The van der Waals surface area contributed by atoms with E-state index in [-0.39, 0.29) is 5.56 Å². The number of anilines is 1. The van der Waals surface area contributed by atoms with Gasteiger partial charge in [-0.15, -0.1) is 0 Å². The van der Waals surface area contributed by atoms with Crippen LogP contribution in [0, 0.1) is 23.1 Å². The molecule has 0 aliphatic carbocycles. The van der Waals surface area contributed by atoms with Gasteiger partial charge in [0.15, 0.2) is 0 Å². The Morgan fingerprint density at radius 3 is 2.73 bits per heavy atom. The molecule has 2 nitrogen and oxygen atoms in total. The van der Waals surface area contributed by atoms with Crippen LogP contribution in [0.3, 0.4) is 0 Å². The quantitative estimate of drug-likeness (QED) is 0.912. The lowest BCUT2D eigenvalue weighted by atomic mass is 10.1. The second kappa shape index (κ2) is 5.13. The highest BCUT2D eigenvalue weighted by Crippen LogP contribution is 2.24. The van der Waals surface area contributed by atoms with Crippen LogP contribution in [0.1, 0.15) is 19.4 Å². The van der Waals surface area contributed by atoms with Gasteiger partial charge in [-0.1, -0.05) is 29.8 Å². The van der Waals surface area contributed by atoms with E-state index < -0.39 is 5.82 Å². The third-order valence-electron chi connectivity index (χ3n) is 1.87. The minimum Gasteiger partial charge on any atom is -0.384 e. The topological polar surface area (TPSA) is 35.8 Å². The zero-order valence-electron chi connectivity index (χ0n) is 8.64. The average molecular weight is 271 g/mol. The number of nitrogens with one attached hydrogen (secondary N) is 1. The Morgan fingerprint density at radius 1 is 1.53 bits per heavy atom. The summed E-state index contributed by atoms with van der Waals surface area (Å²) in [7, 11) is 0. The molecule has 4 heteroatoms. The molecule has 1 aromatic rings. The van der Waals surface area contributed by atoms with Gasteiger partial charge in [0.1, 0.15) is 17.4 Å². The fourth-order valence-electron chi connectivity index (χ4n) is 1.14. The molecule has 0 fully saturated rings. The molecule has 0 spiro atoms. The van der Waals surface area contributed by atoms with Gasteiger partial charge >= 0.3 is 0 Å². The van der Waals surface area contributed by atoms with Crippen LogP contribution in [0.4, 0.5) is 10.1 Å². The van der Waals surface area contributed by atoms with E-state index in [0.29, 0.717) is 22.6 Å². The van der Waals surface area contributed by atoms with Crippen LogP contribution >= 0.6 is 15.9 Å². The number of nitrogens with zero attached hydrogens (tertiary/aromatic N) is 1. The van der Waals surface area contributed by atoms with Gasteiger partial charge in [-0.2, -0.15) is 5.26 Å². The molecule has 0 atom stereocenters. The van der Waals surface area contributed by atoms with Crippen LogP contribution in [0.5, 0.6) is 0 Å². The molecule has 0 saturated heterocycles. The SMILES string of the molecule is CC(C)CNc1cc(Br)cc(F)c1C#N. The van der Waals surface area contributed by atoms with Gasteiger partial charge in [-0.25, -0.2) is 4.39 Å². The molecule has 0 aliphatic heterocycles. The van der Waals surface area contributed by atoms with Crippen LogP contribution in [0.25, 0.3) is 0 Å². The normalized spacial score (nSPS) is 10.1. The maximum Gasteiger partial charge on any atom is 0.144 e. The second-order valence-electron chi connectivity index (χ2n) is 3.70. The Hall–Kier alpha value is -1.08. The van der Waals surface area contributed by atoms with Crippen LogP contribution in [0.15, 0.2) is 16.6 Å². The van der Waals surface area contributed by atoms with Gasteiger partial charge in [0, 0.05) is 11.0 Å². The maximum atomic E-state index is 13.3. The van der Waals surface area contributed by atoms with E-state index in [2.05, 4.69) is 21.2 Å². The van der Waals surface area contributed by atoms with E-state index in [4.69, 9.17) is 5.26 Å². The first kappa shape index (κ1) is 12.0. The van der Waals surface area contributed by atoms with E-state index in [1.165, 1.54) is 6.07 Å². The molecule has 1 aromatic carbocycles. The number of hydrogen-bond acceptors (Lipinski definition) is 2. The van der Waals surface area contributed by atoms with Crippen molar-refractivity contribution in [1.82, 2.24) is 0 Å². The summed E-state index contributed by atoms with van der Waals surface area (Å²) in [5.74, 6) is -0.0586. The van der Waals surface area contributed by atoms with Crippen molar-refractivity contribution in [3.05, 3.63) is 28.0 Å². The number of nitriles is 1. The molecule has 0 aromatic heterocycles. The standard InChI is InChI=1S/C11H12BrFN2/c1-7(2)6-15-11-4-8(12)3-10(13)9(11)5-14/h3-4,7,15H,6H2,1-2H3. The van der Waals surface area contributed by atoms with Gasteiger partial charge in [0.05, 0.1) is 5.69 Å². The lowest BCUT2D eigenvalue weighted by Crippen LogP contribution is -2.09. The molecule has 0 bridgehead atoms. The predicted octanol–water partition coefficient (Wildman–Crippen LogP) is 3.53. The molecule has 1 N–H and O–H groups in total. The maximum absolute atomic E-state index is 13.3. The monoisotopic (exact) mass is 270 g/mol. The second-order valence-corrected chi connectivity index (χ2v) is 4.61. The van der Waals surface area contributed by atoms with E-state index in [0.717, 1.165) is 0 Å². The van der Waals surface area contributed by atoms with Gasteiger partial charge in [-0.3, -0.25) is 0 Å². The first-order valence-electron chi connectivity index (χ1n) is 4.67. The van der Waals surface area contributed by atoms with Gasteiger partial charge in [0.2, 0.25) is 0 Å². The third-order valence-corrected chi connectivity index (χ3v) is 2.33. The van der Waals surface area contributed by atoms with Crippen LogP contribution in [-0.2, 0) is 0 Å². The molecular formula is C11H12BrFN2. The van der Waals surface area contributed by atoms with Crippen molar-refractivity contribution in [3.8, 4) is 6.07 Å². The highest BCUT2D eigenvalue weighted by Gasteiger charge is 2.09. The van der Waals surface area contributed by atoms with Crippen LogP contribution < -0.4 is 5.32 Å². The first-order chi connectivity index (χ1) is 7.04. The molecule has 1 rings (SSSR count). The van der Waals surface area contributed by atoms with E-state index in [9.17, 15) is 4.39 Å². The minimum atomic E-state index is -0.502. The summed E-state index contributed by atoms with van der Waals surface area (Å²) in [6, 6.07) is 4.86. The Labute approximate surface area is 97.2 Å². The molecule has 0 saturated carbocycles. The summed E-state index contributed by atoms with van der Waals surface area (Å²) < 4.78 is 14.0. The average Bonchev–Trinajstić information content (AvgIpc) is 2.13.